The maximum Gasteiger partial charge on any atom is 0.417 e. The molecule has 0 atom stereocenters. The van der Waals surface area contributed by atoms with Gasteiger partial charge >= 0.3 is 6.18 Å². The Morgan fingerprint density at radius 2 is 2.16 bits per heavy atom. The summed E-state index contributed by atoms with van der Waals surface area (Å²) in [5.41, 5.74) is 4.54. The summed E-state index contributed by atoms with van der Waals surface area (Å²) >= 11 is 5.78. The van der Waals surface area contributed by atoms with Crippen molar-refractivity contribution in [2.75, 3.05) is 0 Å². The second kappa shape index (κ2) is 4.41. The first-order valence-electron chi connectivity index (χ1n) is 5.33. The lowest BCUT2D eigenvalue weighted by molar-refractivity contribution is -0.137. The summed E-state index contributed by atoms with van der Waals surface area (Å²) in [6.45, 7) is 1.72. The summed E-state index contributed by atoms with van der Waals surface area (Å²) in [6.07, 6.45) is -3.44. The monoisotopic (exact) mass is 291 g/mol. The highest BCUT2D eigenvalue weighted by molar-refractivity contribution is 6.33. The van der Waals surface area contributed by atoms with Gasteiger partial charge in [-0.25, -0.2) is 4.98 Å². The van der Waals surface area contributed by atoms with Crippen molar-refractivity contribution in [1.29, 1.82) is 0 Å². The van der Waals surface area contributed by atoms with Crippen LogP contribution in [0.3, 0.4) is 0 Å². The summed E-state index contributed by atoms with van der Waals surface area (Å²) in [7, 11) is 0. The van der Waals surface area contributed by atoms with Crippen LogP contribution >= 0.6 is 11.6 Å². The molecule has 1 amide bonds. The van der Waals surface area contributed by atoms with Crippen LogP contribution in [0.1, 0.15) is 28.7 Å². The fraction of sp³-hybridized carbons (Fsp3) is 0.273. The molecule has 2 heterocycles. The van der Waals surface area contributed by atoms with Crippen molar-refractivity contribution in [3.05, 3.63) is 34.2 Å². The topological polar surface area (TPSA) is 60.4 Å². The SMILES string of the molecule is CCc1nc2c(Cl)cc(C(F)(F)F)cn2c1C(N)=O. The molecular weight excluding hydrogens is 283 g/mol. The lowest BCUT2D eigenvalue weighted by atomic mass is 10.2. The zero-order valence-electron chi connectivity index (χ0n) is 9.75. The normalized spacial score (nSPS) is 12.1. The molecule has 2 rings (SSSR count). The van der Waals surface area contributed by atoms with Gasteiger partial charge in [0.15, 0.2) is 5.65 Å². The average molecular weight is 292 g/mol. The highest BCUT2D eigenvalue weighted by atomic mass is 35.5. The van der Waals surface area contributed by atoms with Crippen LogP contribution in [0, 0.1) is 0 Å². The van der Waals surface area contributed by atoms with Crippen molar-refractivity contribution in [2.45, 2.75) is 19.5 Å². The number of rotatable bonds is 2. The zero-order chi connectivity index (χ0) is 14.4. The van der Waals surface area contributed by atoms with E-state index in [9.17, 15) is 18.0 Å². The molecule has 2 aromatic rings. The number of hydrogen-bond donors (Lipinski definition) is 1. The van der Waals surface area contributed by atoms with Crippen LogP contribution in [-0.4, -0.2) is 15.3 Å². The van der Waals surface area contributed by atoms with E-state index in [4.69, 9.17) is 17.3 Å². The summed E-state index contributed by atoms with van der Waals surface area (Å²) < 4.78 is 39.1. The van der Waals surface area contributed by atoms with E-state index in [0.717, 1.165) is 16.7 Å². The smallest absolute Gasteiger partial charge is 0.364 e. The molecule has 8 heteroatoms. The van der Waals surface area contributed by atoms with E-state index in [1.54, 1.807) is 6.92 Å². The summed E-state index contributed by atoms with van der Waals surface area (Å²) in [6, 6.07) is 0.772. The highest BCUT2D eigenvalue weighted by Gasteiger charge is 2.32. The molecular formula is C11H9ClF3N3O. The Hall–Kier alpha value is -1.76. The van der Waals surface area contributed by atoms with Gasteiger partial charge in [0.1, 0.15) is 5.69 Å². The van der Waals surface area contributed by atoms with E-state index in [1.165, 1.54) is 0 Å². The van der Waals surface area contributed by atoms with Crippen LogP contribution in [0.2, 0.25) is 5.02 Å². The van der Waals surface area contributed by atoms with Crippen molar-refractivity contribution in [3.63, 3.8) is 0 Å². The molecule has 0 aliphatic heterocycles. The quantitative estimate of drug-likeness (QED) is 0.924. The number of aromatic nitrogens is 2. The number of nitrogens with zero attached hydrogens (tertiary/aromatic N) is 2. The second-order valence-corrected chi connectivity index (χ2v) is 4.30. The van der Waals surface area contributed by atoms with Crippen LogP contribution < -0.4 is 5.73 Å². The molecule has 0 spiro atoms. The minimum atomic E-state index is -4.57. The molecule has 102 valence electrons. The third-order valence-electron chi connectivity index (χ3n) is 2.64. The Bertz CT molecular complexity index is 663. The first-order valence-corrected chi connectivity index (χ1v) is 5.71. The number of nitrogens with two attached hydrogens (primary N) is 1. The third kappa shape index (κ3) is 2.25. The van der Waals surface area contributed by atoms with Crippen LogP contribution in [0.5, 0.6) is 0 Å². The number of pyridine rings is 1. The van der Waals surface area contributed by atoms with Crippen LogP contribution in [-0.2, 0) is 12.6 Å². The fourth-order valence-corrected chi connectivity index (χ4v) is 2.06. The number of primary amides is 1. The third-order valence-corrected chi connectivity index (χ3v) is 2.92. The number of aryl methyl sites for hydroxylation is 1. The van der Waals surface area contributed by atoms with Gasteiger partial charge in [-0.05, 0) is 12.5 Å². The zero-order valence-corrected chi connectivity index (χ0v) is 10.5. The van der Waals surface area contributed by atoms with Gasteiger partial charge in [-0.2, -0.15) is 13.2 Å². The molecule has 0 aromatic carbocycles. The number of halogens is 4. The first kappa shape index (κ1) is 13.7. The second-order valence-electron chi connectivity index (χ2n) is 3.89. The Kier molecular flexibility index (Phi) is 3.17. The Morgan fingerprint density at radius 1 is 1.53 bits per heavy atom. The van der Waals surface area contributed by atoms with Crippen LogP contribution in [0.25, 0.3) is 5.65 Å². The molecule has 0 bridgehead atoms. The fourth-order valence-electron chi connectivity index (χ4n) is 1.81. The van der Waals surface area contributed by atoms with E-state index < -0.39 is 17.6 Å². The van der Waals surface area contributed by atoms with Gasteiger partial charge in [0.05, 0.1) is 16.3 Å². The molecule has 2 N–H and O–H groups in total. The number of carbonyl (C=O) groups is 1. The lowest BCUT2D eigenvalue weighted by Crippen LogP contribution is -2.16. The lowest BCUT2D eigenvalue weighted by Gasteiger charge is -2.08. The Balaban J connectivity index is 2.85. The number of alkyl halides is 3. The standard InChI is InChI=1S/C11H9ClF3N3O/c1-2-7-8(9(16)19)18-4-5(11(13,14)15)3-6(12)10(18)17-7/h3-4H,2H2,1H3,(H2,16,19). The number of amides is 1. The maximum atomic E-state index is 12.7. The molecule has 0 aliphatic carbocycles. The van der Waals surface area contributed by atoms with Gasteiger partial charge in [0, 0.05) is 6.20 Å². The van der Waals surface area contributed by atoms with Crippen molar-refractivity contribution in [2.24, 2.45) is 5.73 Å². The minimum absolute atomic E-state index is 0.0782. The van der Waals surface area contributed by atoms with E-state index in [1.807, 2.05) is 0 Å². The average Bonchev–Trinajstić information content (AvgIpc) is 2.66. The van der Waals surface area contributed by atoms with Gasteiger partial charge in [-0.15, -0.1) is 0 Å². The predicted octanol–water partition coefficient (Wildman–Crippen LogP) is 2.67. The van der Waals surface area contributed by atoms with E-state index in [2.05, 4.69) is 4.98 Å². The predicted molar refractivity (Wildman–Crippen MR) is 63.1 cm³/mol. The van der Waals surface area contributed by atoms with Crippen molar-refractivity contribution in [1.82, 2.24) is 9.38 Å². The van der Waals surface area contributed by atoms with Gasteiger partial charge < -0.3 is 5.73 Å². The molecule has 0 saturated carbocycles. The largest absolute Gasteiger partial charge is 0.417 e. The molecule has 0 unspecified atom stereocenters. The van der Waals surface area contributed by atoms with Gasteiger partial charge in [-0.3, -0.25) is 9.20 Å². The van der Waals surface area contributed by atoms with Crippen LogP contribution in [0.15, 0.2) is 12.3 Å². The van der Waals surface area contributed by atoms with Gasteiger partial charge in [-0.1, -0.05) is 18.5 Å². The molecule has 4 nitrogen and oxygen atoms in total. The van der Waals surface area contributed by atoms with E-state index in [0.29, 0.717) is 12.1 Å². The Labute approximate surface area is 111 Å². The molecule has 0 radical (unpaired) electrons. The van der Waals surface area contributed by atoms with Crippen LogP contribution in [0.4, 0.5) is 13.2 Å². The number of fused-ring (bicyclic) bond motifs is 1. The summed E-state index contributed by atoms with van der Waals surface area (Å²) in [4.78, 5) is 15.4. The number of imidazole rings is 1. The number of carbonyl (C=O) groups excluding carboxylic acids is 1. The van der Waals surface area contributed by atoms with Gasteiger partial charge in [0.2, 0.25) is 0 Å². The summed E-state index contributed by atoms with van der Waals surface area (Å²) in [5.74, 6) is -0.847. The molecule has 2 aromatic heterocycles. The Morgan fingerprint density at radius 3 is 2.63 bits per heavy atom. The summed E-state index contributed by atoms with van der Waals surface area (Å²) in [5, 5.41) is -0.183. The van der Waals surface area contributed by atoms with E-state index >= 15 is 0 Å². The van der Waals surface area contributed by atoms with Crippen molar-refractivity contribution in [3.8, 4) is 0 Å². The molecule has 19 heavy (non-hydrogen) atoms. The van der Waals surface area contributed by atoms with Gasteiger partial charge in [0.25, 0.3) is 5.91 Å². The molecule has 0 aliphatic rings. The highest BCUT2D eigenvalue weighted by Crippen LogP contribution is 2.33. The van der Waals surface area contributed by atoms with Crippen molar-refractivity contribution >= 4 is 23.2 Å². The first-order chi connectivity index (χ1) is 8.75. The maximum absolute atomic E-state index is 12.7. The molecule has 0 fully saturated rings. The van der Waals surface area contributed by atoms with E-state index in [-0.39, 0.29) is 16.4 Å². The van der Waals surface area contributed by atoms with Crippen molar-refractivity contribution < 1.29 is 18.0 Å². The minimum Gasteiger partial charge on any atom is -0.364 e. The molecule has 0 saturated heterocycles. The number of hydrogen-bond acceptors (Lipinski definition) is 2.